The summed E-state index contributed by atoms with van der Waals surface area (Å²) in [6, 6.07) is 4.65. The van der Waals surface area contributed by atoms with E-state index in [4.69, 9.17) is 0 Å². The second kappa shape index (κ2) is 3.64. The molecule has 1 rings (SSSR count). The molecule has 0 fully saturated rings. The van der Waals surface area contributed by atoms with Gasteiger partial charge in [-0.1, -0.05) is 0 Å². The monoisotopic (exact) mass is 284 g/mol. The molecule has 0 unspecified atom stereocenters. The van der Waals surface area contributed by atoms with Crippen LogP contribution in [-0.2, 0) is 0 Å². The van der Waals surface area contributed by atoms with E-state index >= 15 is 0 Å². The first-order chi connectivity index (χ1) is 5.82. The Labute approximate surface area is 86.2 Å². The number of benzene rings is 1. The summed E-state index contributed by atoms with van der Waals surface area (Å²) in [6.45, 7) is 6.71. The molecule has 1 heteroatoms. The third kappa shape index (κ3) is 2.49. The van der Waals surface area contributed by atoms with Gasteiger partial charge in [0.25, 0.3) is 0 Å². The molecular formula is C12H20Sn. The summed E-state index contributed by atoms with van der Waals surface area (Å²) in [5.74, 6) is 0. The van der Waals surface area contributed by atoms with E-state index < -0.39 is 18.4 Å². The van der Waals surface area contributed by atoms with Gasteiger partial charge in [-0.3, -0.25) is 0 Å². The zero-order valence-corrected chi connectivity index (χ0v) is 12.5. The van der Waals surface area contributed by atoms with E-state index in [1.165, 1.54) is 16.7 Å². The number of rotatable bonds is 1. The van der Waals surface area contributed by atoms with Gasteiger partial charge in [0.2, 0.25) is 0 Å². The van der Waals surface area contributed by atoms with Crippen LogP contribution in [0.3, 0.4) is 0 Å². The SMILES string of the molecule is Cc1cc(C)[c]([Sn]([CH3])([CH3])[CH3])c(C)c1. The van der Waals surface area contributed by atoms with Gasteiger partial charge >= 0.3 is 86.4 Å². The average Bonchev–Trinajstić information content (AvgIpc) is 1.78. The Bertz CT molecular complexity index is 295. The summed E-state index contributed by atoms with van der Waals surface area (Å²) in [6.07, 6.45) is 0. The summed E-state index contributed by atoms with van der Waals surface area (Å²) in [5.41, 5.74) is 4.43. The van der Waals surface area contributed by atoms with E-state index in [-0.39, 0.29) is 0 Å². The molecule has 72 valence electrons. The van der Waals surface area contributed by atoms with Crippen molar-refractivity contribution in [3.8, 4) is 0 Å². The molecule has 1 aromatic carbocycles. The van der Waals surface area contributed by atoms with E-state index in [0.717, 1.165) is 0 Å². The fourth-order valence-corrected chi connectivity index (χ4v) is 9.53. The zero-order valence-electron chi connectivity index (χ0n) is 9.65. The predicted molar refractivity (Wildman–Crippen MR) is 63.6 cm³/mol. The van der Waals surface area contributed by atoms with Crippen molar-refractivity contribution in [2.45, 2.75) is 35.6 Å². The van der Waals surface area contributed by atoms with Crippen molar-refractivity contribution >= 4 is 22.0 Å². The van der Waals surface area contributed by atoms with Crippen molar-refractivity contribution in [3.05, 3.63) is 28.8 Å². The van der Waals surface area contributed by atoms with Gasteiger partial charge in [-0.05, 0) is 0 Å². The van der Waals surface area contributed by atoms with Gasteiger partial charge in [0.05, 0.1) is 0 Å². The van der Waals surface area contributed by atoms with Crippen molar-refractivity contribution in [1.82, 2.24) is 0 Å². The fraction of sp³-hybridized carbons (Fsp3) is 0.500. The second-order valence-corrected chi connectivity index (χ2v) is 19.3. The molecule has 0 saturated carbocycles. The van der Waals surface area contributed by atoms with Crippen LogP contribution in [-0.4, -0.2) is 18.4 Å². The molecule has 0 spiro atoms. The molecule has 0 saturated heterocycles. The van der Waals surface area contributed by atoms with Gasteiger partial charge in [-0.2, -0.15) is 0 Å². The van der Waals surface area contributed by atoms with E-state index in [9.17, 15) is 0 Å². The van der Waals surface area contributed by atoms with Crippen LogP contribution in [0.2, 0.25) is 14.8 Å². The topological polar surface area (TPSA) is 0 Å². The molecule has 0 aliphatic heterocycles. The van der Waals surface area contributed by atoms with Gasteiger partial charge in [-0.15, -0.1) is 0 Å². The third-order valence-electron chi connectivity index (χ3n) is 2.43. The minimum absolute atomic E-state index is 1.40. The van der Waals surface area contributed by atoms with Crippen LogP contribution in [0.5, 0.6) is 0 Å². The maximum absolute atomic E-state index is 2.49. The average molecular weight is 283 g/mol. The van der Waals surface area contributed by atoms with Crippen LogP contribution in [0.4, 0.5) is 0 Å². The van der Waals surface area contributed by atoms with Crippen molar-refractivity contribution in [2.24, 2.45) is 0 Å². The van der Waals surface area contributed by atoms with Gasteiger partial charge in [-0.25, -0.2) is 0 Å². The van der Waals surface area contributed by atoms with Gasteiger partial charge in [0, 0.05) is 0 Å². The third-order valence-corrected chi connectivity index (χ3v) is 8.96. The van der Waals surface area contributed by atoms with E-state index in [2.05, 4.69) is 47.7 Å². The molecule has 1 aromatic rings. The minimum atomic E-state index is -1.87. The first-order valence-electron chi connectivity index (χ1n) is 4.90. The number of hydrogen-bond acceptors (Lipinski definition) is 0. The molecule has 0 radical (unpaired) electrons. The Morgan fingerprint density at radius 2 is 1.23 bits per heavy atom. The van der Waals surface area contributed by atoms with E-state index in [0.29, 0.717) is 0 Å². The second-order valence-electron chi connectivity index (χ2n) is 5.02. The summed E-state index contributed by atoms with van der Waals surface area (Å²) >= 11 is -1.87. The first-order valence-corrected chi connectivity index (χ1v) is 14.9. The molecule has 0 bridgehead atoms. The van der Waals surface area contributed by atoms with Gasteiger partial charge in [0.15, 0.2) is 0 Å². The van der Waals surface area contributed by atoms with Crippen LogP contribution in [0.15, 0.2) is 12.1 Å². The Balaban J connectivity index is 3.38. The maximum atomic E-state index is 2.49. The van der Waals surface area contributed by atoms with Crippen LogP contribution in [0, 0.1) is 20.8 Å². The summed E-state index contributed by atoms with van der Waals surface area (Å²) in [4.78, 5) is 7.46. The zero-order chi connectivity index (χ0) is 10.2. The van der Waals surface area contributed by atoms with Crippen molar-refractivity contribution in [1.29, 1.82) is 0 Å². The summed E-state index contributed by atoms with van der Waals surface area (Å²) < 4.78 is 1.71. The molecule has 0 aliphatic rings. The molecule has 13 heavy (non-hydrogen) atoms. The van der Waals surface area contributed by atoms with Crippen molar-refractivity contribution in [3.63, 3.8) is 0 Å². The normalized spacial score (nSPS) is 11.8. The number of hydrogen-bond donors (Lipinski definition) is 0. The van der Waals surface area contributed by atoms with Crippen LogP contribution in [0.1, 0.15) is 16.7 Å². The molecule has 0 aromatic heterocycles. The fourth-order valence-electron chi connectivity index (χ4n) is 2.36. The molecule has 0 nitrogen and oxygen atoms in total. The van der Waals surface area contributed by atoms with E-state index in [1.807, 2.05) is 0 Å². The standard InChI is InChI=1S/C9H11.3CH3.Sn/c1-7-4-8(2)6-9(3)5-7;;;;/h4-5H,1-3H3;3*1H3;. The Morgan fingerprint density at radius 1 is 0.846 bits per heavy atom. The summed E-state index contributed by atoms with van der Waals surface area (Å²) in [5, 5.41) is 0. The molecule has 0 amide bonds. The molecule has 0 heterocycles. The summed E-state index contributed by atoms with van der Waals surface area (Å²) in [7, 11) is 0. The van der Waals surface area contributed by atoms with Crippen LogP contribution >= 0.6 is 0 Å². The molecule has 0 N–H and O–H groups in total. The number of aryl methyl sites for hydroxylation is 3. The Kier molecular flexibility index (Phi) is 3.11. The van der Waals surface area contributed by atoms with Gasteiger partial charge in [0.1, 0.15) is 0 Å². The van der Waals surface area contributed by atoms with Crippen LogP contribution in [0.25, 0.3) is 0 Å². The van der Waals surface area contributed by atoms with Crippen LogP contribution < -0.4 is 3.58 Å². The first kappa shape index (κ1) is 11.1. The Hall–Kier alpha value is 0.0187. The van der Waals surface area contributed by atoms with Gasteiger partial charge < -0.3 is 0 Å². The Morgan fingerprint density at radius 3 is 1.54 bits per heavy atom. The van der Waals surface area contributed by atoms with E-state index in [1.54, 1.807) is 3.58 Å². The molecule has 0 aliphatic carbocycles. The quantitative estimate of drug-likeness (QED) is 0.694. The van der Waals surface area contributed by atoms with Crippen molar-refractivity contribution in [2.75, 3.05) is 0 Å². The molecule has 0 atom stereocenters. The molecular weight excluding hydrogens is 263 g/mol. The van der Waals surface area contributed by atoms with Crippen molar-refractivity contribution < 1.29 is 0 Å². The predicted octanol–water partition coefficient (Wildman–Crippen LogP) is 3.16.